The lowest BCUT2D eigenvalue weighted by Gasteiger charge is -2.20. The molecule has 0 spiro atoms. The normalized spacial score (nSPS) is 12.4. The predicted molar refractivity (Wildman–Crippen MR) is 78.0 cm³/mol. The number of carboxylic acids is 2. The average molecular weight is 302 g/mol. The van der Waals surface area contributed by atoms with Gasteiger partial charge in [0.05, 0.1) is 19.6 Å². The van der Waals surface area contributed by atoms with Gasteiger partial charge >= 0.3 is 11.9 Å². The monoisotopic (exact) mass is 302 g/mol. The standard InChI is InChI=1S/C14H26N2O5/c1-10(2)5-4-6-11(3)15-12(17)7-16(8-13(18)19)9-14(20)21/h10-11H,4-9H2,1-3H3,(H,15,17)(H,18,19)(H,20,21). The zero-order valence-electron chi connectivity index (χ0n) is 13.0. The van der Waals surface area contributed by atoms with E-state index in [1.807, 2.05) is 6.92 Å². The molecule has 0 radical (unpaired) electrons. The Balaban J connectivity index is 4.16. The number of rotatable bonds is 11. The van der Waals surface area contributed by atoms with E-state index in [4.69, 9.17) is 10.2 Å². The quantitative estimate of drug-likeness (QED) is 0.521. The SMILES string of the molecule is CC(C)CCCC(C)NC(=O)CN(CC(=O)O)CC(=O)O. The van der Waals surface area contributed by atoms with Gasteiger partial charge in [0.25, 0.3) is 0 Å². The topological polar surface area (TPSA) is 107 Å². The first-order valence-corrected chi connectivity index (χ1v) is 7.16. The van der Waals surface area contributed by atoms with Gasteiger partial charge in [0.15, 0.2) is 0 Å². The van der Waals surface area contributed by atoms with Gasteiger partial charge in [-0.05, 0) is 19.3 Å². The van der Waals surface area contributed by atoms with E-state index in [1.54, 1.807) is 0 Å². The third kappa shape index (κ3) is 11.9. The molecule has 0 aliphatic rings. The fourth-order valence-corrected chi connectivity index (χ4v) is 1.98. The van der Waals surface area contributed by atoms with Gasteiger partial charge in [0.2, 0.25) is 5.91 Å². The Hall–Kier alpha value is -1.63. The Morgan fingerprint density at radius 2 is 1.48 bits per heavy atom. The van der Waals surface area contributed by atoms with Crippen LogP contribution in [-0.2, 0) is 14.4 Å². The molecule has 0 saturated heterocycles. The van der Waals surface area contributed by atoms with Crippen LogP contribution in [0.3, 0.4) is 0 Å². The number of hydrogen-bond acceptors (Lipinski definition) is 4. The molecule has 0 fully saturated rings. The van der Waals surface area contributed by atoms with E-state index in [-0.39, 0.29) is 18.5 Å². The maximum Gasteiger partial charge on any atom is 0.317 e. The summed E-state index contributed by atoms with van der Waals surface area (Å²) in [5, 5.41) is 20.2. The molecule has 122 valence electrons. The Kier molecular flexibility index (Phi) is 9.36. The van der Waals surface area contributed by atoms with Gasteiger partial charge < -0.3 is 15.5 Å². The first-order chi connectivity index (χ1) is 9.70. The molecule has 0 aromatic rings. The number of carbonyl (C=O) groups excluding carboxylic acids is 1. The highest BCUT2D eigenvalue weighted by molar-refractivity contribution is 5.80. The van der Waals surface area contributed by atoms with Crippen LogP contribution in [0.25, 0.3) is 0 Å². The van der Waals surface area contributed by atoms with Crippen molar-refractivity contribution in [2.75, 3.05) is 19.6 Å². The lowest BCUT2D eigenvalue weighted by molar-refractivity contribution is -0.142. The van der Waals surface area contributed by atoms with E-state index in [1.165, 1.54) is 0 Å². The predicted octanol–water partition coefficient (Wildman–Crippen LogP) is 0.789. The summed E-state index contributed by atoms with van der Waals surface area (Å²) in [5.74, 6) is -2.05. The Labute approximate surface area is 125 Å². The maximum absolute atomic E-state index is 11.8. The zero-order chi connectivity index (χ0) is 16.4. The van der Waals surface area contributed by atoms with Gasteiger partial charge in [-0.2, -0.15) is 0 Å². The van der Waals surface area contributed by atoms with Crippen LogP contribution in [0.4, 0.5) is 0 Å². The van der Waals surface area contributed by atoms with E-state index in [9.17, 15) is 14.4 Å². The molecule has 3 N–H and O–H groups in total. The number of nitrogens with one attached hydrogen (secondary N) is 1. The molecule has 0 bridgehead atoms. The second-order valence-electron chi connectivity index (χ2n) is 5.73. The minimum Gasteiger partial charge on any atom is -0.480 e. The fourth-order valence-electron chi connectivity index (χ4n) is 1.98. The first-order valence-electron chi connectivity index (χ1n) is 7.16. The van der Waals surface area contributed by atoms with Gasteiger partial charge in [-0.3, -0.25) is 19.3 Å². The Morgan fingerprint density at radius 1 is 0.952 bits per heavy atom. The Bertz CT molecular complexity index is 341. The van der Waals surface area contributed by atoms with Crippen molar-refractivity contribution in [3.05, 3.63) is 0 Å². The fraction of sp³-hybridized carbons (Fsp3) is 0.786. The summed E-state index contributed by atoms with van der Waals surface area (Å²) in [6.07, 6.45) is 2.94. The molecule has 21 heavy (non-hydrogen) atoms. The number of amides is 1. The molecule has 0 saturated carbocycles. The molecular formula is C14H26N2O5. The van der Waals surface area contributed by atoms with Crippen LogP contribution in [0, 0.1) is 5.92 Å². The molecule has 0 heterocycles. The molecule has 0 aliphatic heterocycles. The summed E-state index contributed by atoms with van der Waals surface area (Å²) >= 11 is 0. The summed E-state index contributed by atoms with van der Waals surface area (Å²) in [6.45, 7) is 4.99. The number of hydrogen-bond donors (Lipinski definition) is 3. The Morgan fingerprint density at radius 3 is 1.90 bits per heavy atom. The van der Waals surface area contributed by atoms with Crippen molar-refractivity contribution >= 4 is 17.8 Å². The minimum absolute atomic E-state index is 0.00671. The van der Waals surface area contributed by atoms with Gasteiger partial charge in [-0.15, -0.1) is 0 Å². The second-order valence-corrected chi connectivity index (χ2v) is 5.73. The van der Waals surface area contributed by atoms with Crippen LogP contribution in [0.2, 0.25) is 0 Å². The molecule has 7 heteroatoms. The minimum atomic E-state index is -1.16. The molecule has 0 aliphatic carbocycles. The molecule has 1 unspecified atom stereocenters. The zero-order valence-corrected chi connectivity index (χ0v) is 13.0. The van der Waals surface area contributed by atoms with Gasteiger partial charge in [0.1, 0.15) is 0 Å². The van der Waals surface area contributed by atoms with Crippen LogP contribution >= 0.6 is 0 Å². The molecular weight excluding hydrogens is 276 g/mol. The van der Waals surface area contributed by atoms with Gasteiger partial charge in [-0.1, -0.05) is 26.7 Å². The van der Waals surface area contributed by atoms with Crippen molar-refractivity contribution < 1.29 is 24.6 Å². The van der Waals surface area contributed by atoms with Crippen molar-refractivity contribution in [2.24, 2.45) is 5.92 Å². The number of aliphatic carboxylic acids is 2. The summed E-state index contributed by atoms with van der Waals surface area (Å²) in [4.78, 5) is 34.1. The van der Waals surface area contributed by atoms with Crippen LogP contribution in [0.15, 0.2) is 0 Å². The van der Waals surface area contributed by atoms with E-state index in [0.717, 1.165) is 24.2 Å². The van der Waals surface area contributed by atoms with E-state index < -0.39 is 25.0 Å². The van der Waals surface area contributed by atoms with Crippen LogP contribution in [0.5, 0.6) is 0 Å². The second kappa shape index (κ2) is 10.1. The van der Waals surface area contributed by atoms with Gasteiger partial charge in [-0.25, -0.2) is 0 Å². The van der Waals surface area contributed by atoms with Crippen LogP contribution in [0.1, 0.15) is 40.0 Å². The number of carbonyl (C=O) groups is 3. The lowest BCUT2D eigenvalue weighted by atomic mass is 10.0. The van der Waals surface area contributed by atoms with E-state index in [2.05, 4.69) is 19.2 Å². The molecule has 1 amide bonds. The van der Waals surface area contributed by atoms with Gasteiger partial charge in [0, 0.05) is 6.04 Å². The highest BCUT2D eigenvalue weighted by Gasteiger charge is 2.17. The van der Waals surface area contributed by atoms with E-state index >= 15 is 0 Å². The third-order valence-corrected chi connectivity index (χ3v) is 2.91. The molecule has 0 rings (SSSR count). The summed E-state index contributed by atoms with van der Waals surface area (Å²) in [7, 11) is 0. The van der Waals surface area contributed by atoms with Crippen LogP contribution < -0.4 is 5.32 Å². The van der Waals surface area contributed by atoms with E-state index in [0.29, 0.717) is 5.92 Å². The maximum atomic E-state index is 11.8. The van der Waals surface area contributed by atoms with Crippen molar-refractivity contribution in [3.8, 4) is 0 Å². The molecule has 0 aromatic heterocycles. The van der Waals surface area contributed by atoms with Crippen LogP contribution in [-0.4, -0.2) is 58.6 Å². The molecule has 0 aromatic carbocycles. The smallest absolute Gasteiger partial charge is 0.317 e. The lowest BCUT2D eigenvalue weighted by Crippen LogP contribution is -2.44. The van der Waals surface area contributed by atoms with Crippen molar-refractivity contribution in [1.82, 2.24) is 10.2 Å². The van der Waals surface area contributed by atoms with Crippen molar-refractivity contribution in [1.29, 1.82) is 0 Å². The number of nitrogens with zero attached hydrogens (tertiary/aromatic N) is 1. The first kappa shape index (κ1) is 19.4. The average Bonchev–Trinajstić information content (AvgIpc) is 2.25. The number of carboxylic acid groups (broad SMARTS) is 2. The highest BCUT2D eigenvalue weighted by atomic mass is 16.4. The largest absolute Gasteiger partial charge is 0.480 e. The van der Waals surface area contributed by atoms with Crippen molar-refractivity contribution in [3.63, 3.8) is 0 Å². The summed E-state index contributed by atoms with van der Waals surface area (Å²) in [5.41, 5.74) is 0. The molecule has 7 nitrogen and oxygen atoms in total. The summed E-state index contributed by atoms with van der Waals surface area (Å²) in [6, 6.07) is -0.00671. The molecule has 1 atom stereocenters. The summed E-state index contributed by atoms with van der Waals surface area (Å²) < 4.78 is 0. The highest BCUT2D eigenvalue weighted by Crippen LogP contribution is 2.08. The third-order valence-electron chi connectivity index (χ3n) is 2.91. The van der Waals surface area contributed by atoms with Crippen molar-refractivity contribution in [2.45, 2.75) is 46.1 Å².